The van der Waals surface area contributed by atoms with Crippen molar-refractivity contribution in [1.82, 2.24) is 4.90 Å². The van der Waals surface area contributed by atoms with Crippen LogP contribution in [0.5, 0.6) is 0 Å². The van der Waals surface area contributed by atoms with Crippen molar-refractivity contribution < 1.29 is 18.3 Å². The number of halogens is 3. The minimum absolute atomic E-state index is 0.329. The van der Waals surface area contributed by atoms with Gasteiger partial charge in [-0.3, -0.25) is 0 Å². The number of aliphatic hydroxyl groups excluding tert-OH is 1. The van der Waals surface area contributed by atoms with Crippen molar-refractivity contribution >= 4 is 0 Å². The third kappa shape index (κ3) is 5.99. The molecule has 0 rings (SSSR count). The zero-order valence-electron chi connectivity index (χ0n) is 9.51. The first-order valence-corrected chi connectivity index (χ1v) is 5.28. The van der Waals surface area contributed by atoms with Crippen molar-refractivity contribution in [3.8, 4) is 0 Å². The number of nitrogens with zero attached hydrogens (tertiary/aromatic N) is 1. The highest BCUT2D eigenvalue weighted by Gasteiger charge is 2.38. The number of aliphatic hydroxyl groups is 1. The zero-order valence-corrected chi connectivity index (χ0v) is 9.51. The van der Waals surface area contributed by atoms with Crippen LogP contribution in [0.25, 0.3) is 0 Å². The Morgan fingerprint density at radius 2 is 1.73 bits per heavy atom. The molecule has 0 aliphatic heterocycles. The summed E-state index contributed by atoms with van der Waals surface area (Å²) in [6.45, 7) is 6.58. The molecule has 5 heteroatoms. The molecule has 0 fully saturated rings. The maximum Gasteiger partial charge on any atom is 0.415 e. The molecule has 0 aliphatic carbocycles. The monoisotopic (exact) mass is 227 g/mol. The van der Waals surface area contributed by atoms with E-state index in [2.05, 4.69) is 0 Å². The lowest BCUT2D eigenvalue weighted by atomic mass is 10.1. The summed E-state index contributed by atoms with van der Waals surface area (Å²) in [7, 11) is 0. The predicted octanol–water partition coefficient (Wildman–Crippen LogP) is 2.28. The van der Waals surface area contributed by atoms with Gasteiger partial charge in [-0.2, -0.15) is 13.2 Å². The lowest BCUT2D eigenvalue weighted by Crippen LogP contribution is -2.42. The minimum Gasteiger partial charge on any atom is -0.382 e. The Balaban J connectivity index is 4.10. The number of hydrogen-bond donors (Lipinski definition) is 1. The van der Waals surface area contributed by atoms with E-state index >= 15 is 0 Å². The zero-order chi connectivity index (χ0) is 12.1. The molecule has 0 spiro atoms. The SMILES string of the molecule is CCC(C)CN(CC)CC(O)C(F)(F)F. The van der Waals surface area contributed by atoms with Crippen LogP contribution in [-0.4, -0.2) is 41.9 Å². The van der Waals surface area contributed by atoms with Crippen LogP contribution in [0.1, 0.15) is 27.2 Å². The van der Waals surface area contributed by atoms with E-state index < -0.39 is 12.3 Å². The van der Waals surface area contributed by atoms with Crippen LogP contribution >= 0.6 is 0 Å². The molecule has 0 saturated heterocycles. The summed E-state index contributed by atoms with van der Waals surface area (Å²) in [5.74, 6) is 0.352. The van der Waals surface area contributed by atoms with Gasteiger partial charge < -0.3 is 10.0 Å². The van der Waals surface area contributed by atoms with Gasteiger partial charge in [0.15, 0.2) is 6.10 Å². The summed E-state index contributed by atoms with van der Waals surface area (Å²) in [6.07, 6.45) is -5.82. The Hall–Kier alpha value is -0.290. The first kappa shape index (κ1) is 14.7. The molecule has 0 saturated carbocycles. The lowest BCUT2D eigenvalue weighted by Gasteiger charge is -2.26. The standard InChI is InChI=1S/C10H20F3NO/c1-4-8(3)6-14(5-2)7-9(15)10(11,12)13/h8-9,15H,4-7H2,1-3H3. The molecule has 2 atom stereocenters. The van der Waals surface area contributed by atoms with E-state index in [0.717, 1.165) is 6.42 Å². The second-order valence-electron chi connectivity index (χ2n) is 3.92. The fourth-order valence-corrected chi connectivity index (χ4v) is 1.25. The van der Waals surface area contributed by atoms with E-state index in [1.807, 2.05) is 13.8 Å². The van der Waals surface area contributed by atoms with E-state index in [0.29, 0.717) is 19.0 Å². The summed E-state index contributed by atoms with van der Waals surface area (Å²) < 4.78 is 36.3. The van der Waals surface area contributed by atoms with Gasteiger partial charge in [0.2, 0.25) is 0 Å². The average molecular weight is 227 g/mol. The Kier molecular flexibility index (Phi) is 6.20. The molecule has 0 aliphatic rings. The molecule has 0 aromatic rings. The van der Waals surface area contributed by atoms with Crippen molar-refractivity contribution in [1.29, 1.82) is 0 Å². The predicted molar refractivity (Wildman–Crippen MR) is 53.6 cm³/mol. The summed E-state index contributed by atoms with van der Waals surface area (Å²) in [5.41, 5.74) is 0. The molecule has 15 heavy (non-hydrogen) atoms. The minimum atomic E-state index is -4.51. The van der Waals surface area contributed by atoms with E-state index in [-0.39, 0.29) is 6.54 Å². The van der Waals surface area contributed by atoms with Gasteiger partial charge in [-0.25, -0.2) is 0 Å². The second-order valence-corrected chi connectivity index (χ2v) is 3.92. The molecular weight excluding hydrogens is 207 g/mol. The summed E-state index contributed by atoms with van der Waals surface area (Å²) >= 11 is 0. The van der Waals surface area contributed by atoms with Gasteiger partial charge >= 0.3 is 6.18 Å². The molecule has 0 aromatic heterocycles. The first-order valence-electron chi connectivity index (χ1n) is 5.28. The van der Waals surface area contributed by atoms with Crippen molar-refractivity contribution in [2.75, 3.05) is 19.6 Å². The smallest absolute Gasteiger partial charge is 0.382 e. The van der Waals surface area contributed by atoms with Crippen LogP contribution in [-0.2, 0) is 0 Å². The van der Waals surface area contributed by atoms with Gasteiger partial charge in [0.05, 0.1) is 0 Å². The molecule has 2 nitrogen and oxygen atoms in total. The Morgan fingerprint density at radius 3 is 2.07 bits per heavy atom. The molecule has 0 radical (unpaired) electrons. The van der Waals surface area contributed by atoms with Crippen LogP contribution in [0.4, 0.5) is 13.2 Å². The quantitative estimate of drug-likeness (QED) is 0.752. The lowest BCUT2D eigenvalue weighted by molar-refractivity contribution is -0.208. The summed E-state index contributed by atoms with van der Waals surface area (Å²) in [6, 6.07) is 0. The van der Waals surface area contributed by atoms with E-state index in [9.17, 15) is 13.2 Å². The molecule has 0 bridgehead atoms. The van der Waals surface area contributed by atoms with Gasteiger partial charge in [-0.15, -0.1) is 0 Å². The van der Waals surface area contributed by atoms with Crippen molar-refractivity contribution in [2.24, 2.45) is 5.92 Å². The van der Waals surface area contributed by atoms with Crippen molar-refractivity contribution in [3.05, 3.63) is 0 Å². The van der Waals surface area contributed by atoms with Gasteiger partial charge in [0.25, 0.3) is 0 Å². The van der Waals surface area contributed by atoms with E-state index in [1.165, 1.54) is 0 Å². The van der Waals surface area contributed by atoms with Gasteiger partial charge in [-0.1, -0.05) is 27.2 Å². The molecule has 1 N–H and O–H groups in total. The third-order valence-electron chi connectivity index (χ3n) is 2.52. The molecule has 92 valence electrons. The Morgan fingerprint density at radius 1 is 1.20 bits per heavy atom. The highest BCUT2D eigenvalue weighted by Crippen LogP contribution is 2.21. The van der Waals surface area contributed by atoms with Gasteiger partial charge in [0.1, 0.15) is 0 Å². The van der Waals surface area contributed by atoms with Crippen molar-refractivity contribution in [3.63, 3.8) is 0 Å². The molecule has 0 amide bonds. The number of hydrogen-bond acceptors (Lipinski definition) is 2. The van der Waals surface area contributed by atoms with E-state index in [1.54, 1.807) is 11.8 Å². The second kappa shape index (κ2) is 6.33. The Labute approximate surface area is 89.1 Å². The summed E-state index contributed by atoms with van der Waals surface area (Å²) in [5, 5.41) is 8.91. The summed E-state index contributed by atoms with van der Waals surface area (Å²) in [4.78, 5) is 1.63. The normalized spacial score (nSPS) is 16.8. The number of alkyl halides is 3. The van der Waals surface area contributed by atoms with Crippen LogP contribution in [0.15, 0.2) is 0 Å². The van der Waals surface area contributed by atoms with Crippen molar-refractivity contribution in [2.45, 2.75) is 39.5 Å². The van der Waals surface area contributed by atoms with Gasteiger partial charge in [-0.05, 0) is 12.5 Å². The van der Waals surface area contributed by atoms with Crippen LogP contribution in [0.2, 0.25) is 0 Å². The maximum atomic E-state index is 12.1. The van der Waals surface area contributed by atoms with E-state index in [4.69, 9.17) is 5.11 Å². The fraction of sp³-hybridized carbons (Fsp3) is 1.00. The molecule has 2 unspecified atom stereocenters. The first-order chi connectivity index (χ1) is 6.81. The highest BCUT2D eigenvalue weighted by atomic mass is 19.4. The fourth-order valence-electron chi connectivity index (χ4n) is 1.25. The number of rotatable bonds is 6. The van der Waals surface area contributed by atoms with Crippen LogP contribution in [0.3, 0.4) is 0 Å². The maximum absolute atomic E-state index is 12.1. The Bertz CT molecular complexity index is 173. The largest absolute Gasteiger partial charge is 0.415 e. The highest BCUT2D eigenvalue weighted by molar-refractivity contribution is 4.71. The number of likely N-dealkylation sites (N-methyl/N-ethyl adjacent to an activating group) is 1. The molecule has 0 aromatic carbocycles. The van der Waals surface area contributed by atoms with Crippen LogP contribution < -0.4 is 0 Å². The average Bonchev–Trinajstić information content (AvgIpc) is 2.14. The molecule has 0 heterocycles. The third-order valence-corrected chi connectivity index (χ3v) is 2.52. The topological polar surface area (TPSA) is 23.5 Å². The van der Waals surface area contributed by atoms with Gasteiger partial charge in [0, 0.05) is 13.1 Å². The van der Waals surface area contributed by atoms with Crippen LogP contribution in [0, 0.1) is 5.92 Å². The molecular formula is C10H20F3NO.